The number of carbonyl (C=O) groups is 1. The summed E-state index contributed by atoms with van der Waals surface area (Å²) in [6, 6.07) is 8.71. The molecule has 1 heterocycles. The summed E-state index contributed by atoms with van der Waals surface area (Å²) >= 11 is 1.39. The molecule has 5 nitrogen and oxygen atoms in total. The van der Waals surface area contributed by atoms with Gasteiger partial charge < -0.3 is 5.73 Å². The Morgan fingerprint density at radius 3 is 2.83 bits per heavy atom. The standard InChI is InChI=1S/C18H24N4OS/c1-12-6-5-8-14(10-12)17-20-21-18(24-11-16(19)23)22(17)15-9-4-3-7-13(15)2/h5-6,8,10,13,15H,3-4,7,9,11H2,1-2H3,(H2,19,23)/t13-,15-/m1/s1. The number of nitrogens with zero attached hydrogens (tertiary/aromatic N) is 3. The third kappa shape index (κ3) is 3.64. The van der Waals surface area contributed by atoms with Crippen LogP contribution >= 0.6 is 11.8 Å². The van der Waals surface area contributed by atoms with Crippen LogP contribution in [-0.2, 0) is 4.79 Å². The summed E-state index contributed by atoms with van der Waals surface area (Å²) < 4.78 is 2.24. The first-order valence-electron chi connectivity index (χ1n) is 8.49. The van der Waals surface area contributed by atoms with Gasteiger partial charge in [-0.1, -0.05) is 55.3 Å². The summed E-state index contributed by atoms with van der Waals surface area (Å²) in [6.07, 6.45) is 4.85. The normalized spacial score (nSPS) is 20.9. The summed E-state index contributed by atoms with van der Waals surface area (Å²) in [6.45, 7) is 4.38. The van der Waals surface area contributed by atoms with Gasteiger partial charge in [-0.3, -0.25) is 9.36 Å². The number of hydrogen-bond donors (Lipinski definition) is 1. The predicted octanol–water partition coefficient (Wildman–Crippen LogP) is 3.58. The molecule has 2 aromatic rings. The maximum absolute atomic E-state index is 11.2. The van der Waals surface area contributed by atoms with Crippen molar-refractivity contribution < 1.29 is 4.79 Å². The predicted molar refractivity (Wildman–Crippen MR) is 96.8 cm³/mol. The molecule has 24 heavy (non-hydrogen) atoms. The van der Waals surface area contributed by atoms with E-state index in [1.165, 1.54) is 36.6 Å². The Labute approximate surface area is 147 Å². The van der Waals surface area contributed by atoms with Crippen LogP contribution in [0.4, 0.5) is 0 Å². The Morgan fingerprint density at radius 2 is 2.12 bits per heavy atom. The van der Waals surface area contributed by atoms with E-state index in [0.717, 1.165) is 23.0 Å². The molecular formula is C18H24N4OS. The third-order valence-corrected chi connectivity index (χ3v) is 5.65. The van der Waals surface area contributed by atoms with Gasteiger partial charge in [0.25, 0.3) is 0 Å². The molecule has 0 bridgehead atoms. The van der Waals surface area contributed by atoms with Crippen LogP contribution in [0.5, 0.6) is 0 Å². The molecule has 1 aliphatic rings. The first-order chi connectivity index (χ1) is 11.6. The molecule has 1 aromatic heterocycles. The molecule has 0 saturated heterocycles. The Balaban J connectivity index is 2.03. The van der Waals surface area contributed by atoms with Crippen molar-refractivity contribution in [3.05, 3.63) is 29.8 Å². The fourth-order valence-electron chi connectivity index (χ4n) is 3.47. The molecular weight excluding hydrogens is 320 g/mol. The SMILES string of the molecule is Cc1cccc(-c2nnc(SCC(N)=O)n2[C@@H]2CCCC[C@H]2C)c1. The summed E-state index contributed by atoms with van der Waals surface area (Å²) in [4.78, 5) is 11.2. The molecule has 0 spiro atoms. The zero-order valence-electron chi connectivity index (χ0n) is 14.2. The van der Waals surface area contributed by atoms with Crippen molar-refractivity contribution in [3.63, 3.8) is 0 Å². The number of primary amides is 1. The Kier molecular flexibility index (Phi) is 5.23. The molecule has 1 amide bonds. The first-order valence-corrected chi connectivity index (χ1v) is 9.48. The van der Waals surface area contributed by atoms with E-state index in [-0.39, 0.29) is 11.7 Å². The second-order valence-corrected chi connectivity index (χ2v) is 7.57. The van der Waals surface area contributed by atoms with Crippen molar-refractivity contribution in [2.45, 2.75) is 50.7 Å². The van der Waals surface area contributed by atoms with E-state index in [2.05, 4.69) is 46.8 Å². The number of carbonyl (C=O) groups excluding carboxylic acids is 1. The van der Waals surface area contributed by atoms with Gasteiger partial charge in [0, 0.05) is 11.6 Å². The van der Waals surface area contributed by atoms with Crippen molar-refractivity contribution in [2.75, 3.05) is 5.75 Å². The Bertz CT molecular complexity index is 728. The van der Waals surface area contributed by atoms with E-state index in [1.807, 2.05) is 6.07 Å². The Morgan fingerprint density at radius 1 is 1.33 bits per heavy atom. The quantitative estimate of drug-likeness (QED) is 0.841. The molecule has 6 heteroatoms. The average molecular weight is 344 g/mol. The molecule has 128 valence electrons. The van der Waals surface area contributed by atoms with Gasteiger partial charge in [-0.15, -0.1) is 10.2 Å². The summed E-state index contributed by atoms with van der Waals surface area (Å²) in [5.74, 6) is 1.37. The van der Waals surface area contributed by atoms with Crippen molar-refractivity contribution in [1.82, 2.24) is 14.8 Å². The number of rotatable bonds is 5. The minimum absolute atomic E-state index is 0.229. The highest BCUT2D eigenvalue weighted by Gasteiger charge is 2.28. The monoisotopic (exact) mass is 344 g/mol. The lowest BCUT2D eigenvalue weighted by Gasteiger charge is -2.31. The Hall–Kier alpha value is -1.82. The van der Waals surface area contributed by atoms with Gasteiger partial charge in [0.05, 0.1) is 5.75 Å². The van der Waals surface area contributed by atoms with Gasteiger partial charge in [0.1, 0.15) is 0 Å². The van der Waals surface area contributed by atoms with Crippen LogP contribution < -0.4 is 5.73 Å². The van der Waals surface area contributed by atoms with Crippen molar-refractivity contribution in [1.29, 1.82) is 0 Å². The summed E-state index contributed by atoms with van der Waals surface area (Å²) in [5.41, 5.74) is 7.59. The first kappa shape index (κ1) is 17.0. The van der Waals surface area contributed by atoms with Gasteiger partial charge in [-0.05, 0) is 31.7 Å². The maximum Gasteiger partial charge on any atom is 0.227 e. The smallest absolute Gasteiger partial charge is 0.227 e. The van der Waals surface area contributed by atoms with Crippen molar-refractivity contribution in [2.24, 2.45) is 11.7 Å². The fraction of sp³-hybridized carbons (Fsp3) is 0.500. The number of amides is 1. The van der Waals surface area contributed by atoms with Gasteiger partial charge in [0.2, 0.25) is 5.91 Å². The van der Waals surface area contributed by atoms with E-state index in [0.29, 0.717) is 12.0 Å². The molecule has 1 aliphatic carbocycles. The number of aryl methyl sites for hydroxylation is 1. The maximum atomic E-state index is 11.2. The summed E-state index contributed by atoms with van der Waals surface area (Å²) in [7, 11) is 0. The van der Waals surface area contributed by atoms with Crippen molar-refractivity contribution >= 4 is 17.7 Å². The van der Waals surface area contributed by atoms with E-state index >= 15 is 0 Å². The van der Waals surface area contributed by atoms with E-state index in [9.17, 15) is 4.79 Å². The number of thioether (sulfide) groups is 1. The van der Waals surface area contributed by atoms with Crippen LogP contribution in [0.2, 0.25) is 0 Å². The minimum Gasteiger partial charge on any atom is -0.369 e. The fourth-order valence-corrected chi connectivity index (χ4v) is 4.20. The number of benzene rings is 1. The second-order valence-electron chi connectivity index (χ2n) is 6.63. The molecule has 1 aromatic carbocycles. The molecule has 2 N–H and O–H groups in total. The van der Waals surface area contributed by atoms with Crippen LogP contribution in [0, 0.1) is 12.8 Å². The second kappa shape index (κ2) is 7.38. The van der Waals surface area contributed by atoms with E-state index in [1.54, 1.807) is 0 Å². The highest BCUT2D eigenvalue weighted by molar-refractivity contribution is 7.99. The van der Waals surface area contributed by atoms with Gasteiger partial charge in [0.15, 0.2) is 11.0 Å². The van der Waals surface area contributed by atoms with Crippen molar-refractivity contribution in [3.8, 4) is 11.4 Å². The van der Waals surface area contributed by atoms with Crippen LogP contribution in [0.25, 0.3) is 11.4 Å². The third-order valence-electron chi connectivity index (χ3n) is 4.68. The molecule has 2 atom stereocenters. The molecule has 1 saturated carbocycles. The lowest BCUT2D eigenvalue weighted by Crippen LogP contribution is -2.23. The molecule has 1 fully saturated rings. The lowest BCUT2D eigenvalue weighted by molar-refractivity contribution is -0.115. The van der Waals surface area contributed by atoms with Crippen LogP contribution in [0.15, 0.2) is 29.4 Å². The molecule has 0 unspecified atom stereocenters. The molecule has 0 aliphatic heterocycles. The summed E-state index contributed by atoms with van der Waals surface area (Å²) in [5, 5.41) is 9.62. The van der Waals surface area contributed by atoms with Gasteiger partial charge in [-0.25, -0.2) is 0 Å². The zero-order valence-corrected chi connectivity index (χ0v) is 15.1. The van der Waals surface area contributed by atoms with Crippen LogP contribution in [-0.4, -0.2) is 26.4 Å². The average Bonchev–Trinajstić information content (AvgIpc) is 2.97. The minimum atomic E-state index is -0.330. The molecule has 0 radical (unpaired) electrons. The van der Waals surface area contributed by atoms with Crippen LogP contribution in [0.3, 0.4) is 0 Å². The highest BCUT2D eigenvalue weighted by Crippen LogP contribution is 2.38. The topological polar surface area (TPSA) is 73.8 Å². The largest absolute Gasteiger partial charge is 0.369 e. The van der Waals surface area contributed by atoms with Crippen LogP contribution in [0.1, 0.15) is 44.2 Å². The lowest BCUT2D eigenvalue weighted by atomic mass is 9.85. The zero-order chi connectivity index (χ0) is 17.1. The van der Waals surface area contributed by atoms with E-state index < -0.39 is 0 Å². The number of aromatic nitrogens is 3. The number of nitrogens with two attached hydrogens (primary N) is 1. The highest BCUT2D eigenvalue weighted by atomic mass is 32.2. The molecule has 3 rings (SSSR count). The number of hydrogen-bond acceptors (Lipinski definition) is 4. The van der Waals surface area contributed by atoms with Gasteiger partial charge >= 0.3 is 0 Å². The van der Waals surface area contributed by atoms with E-state index in [4.69, 9.17) is 5.73 Å². The van der Waals surface area contributed by atoms with Gasteiger partial charge in [-0.2, -0.15) is 0 Å².